The number of nitrogens with zero attached hydrogens (tertiary/aromatic N) is 6. The lowest BCUT2D eigenvalue weighted by Gasteiger charge is -2.35. The van der Waals surface area contributed by atoms with Gasteiger partial charge in [-0.1, -0.05) is 35.9 Å². The van der Waals surface area contributed by atoms with Crippen molar-refractivity contribution in [3.05, 3.63) is 105 Å². The summed E-state index contributed by atoms with van der Waals surface area (Å²) in [5.41, 5.74) is 3.95. The Balaban J connectivity index is 1.14. The Morgan fingerprint density at radius 3 is 2.70 bits per heavy atom. The second-order valence-corrected chi connectivity index (χ2v) is 10.3. The van der Waals surface area contributed by atoms with Crippen LogP contribution in [-0.4, -0.2) is 63.8 Å². The highest BCUT2D eigenvalue weighted by atomic mass is 35.5. The van der Waals surface area contributed by atoms with E-state index in [-0.39, 0.29) is 17.5 Å². The number of nitrogens with one attached hydrogen (secondary N) is 1. The van der Waals surface area contributed by atoms with E-state index in [0.29, 0.717) is 61.2 Å². The predicted molar refractivity (Wildman–Crippen MR) is 152 cm³/mol. The van der Waals surface area contributed by atoms with Crippen LogP contribution >= 0.6 is 11.6 Å². The topological polar surface area (TPSA) is 108 Å². The number of H-pyrrole nitrogens is 1. The van der Waals surface area contributed by atoms with Crippen LogP contribution in [0.15, 0.2) is 72.0 Å². The van der Waals surface area contributed by atoms with Crippen LogP contribution in [0.1, 0.15) is 33.1 Å². The molecule has 1 fully saturated rings. The van der Waals surface area contributed by atoms with Gasteiger partial charge in [0.15, 0.2) is 0 Å². The molecule has 5 heterocycles. The predicted octanol–water partition coefficient (Wildman–Crippen LogP) is 3.62. The summed E-state index contributed by atoms with van der Waals surface area (Å²) < 4.78 is 6.22. The lowest BCUT2D eigenvalue weighted by molar-refractivity contribution is 0.0745. The number of carbonyl (C=O) groups is 1. The molecule has 0 radical (unpaired) electrons. The number of carbonyl (C=O) groups excluding carboxylic acids is 1. The third-order valence-corrected chi connectivity index (χ3v) is 7.71. The van der Waals surface area contributed by atoms with E-state index in [4.69, 9.17) is 16.3 Å². The largest absolute Gasteiger partial charge is 0.489 e. The lowest BCUT2D eigenvalue weighted by Crippen LogP contribution is -2.49. The number of benzene rings is 1. The van der Waals surface area contributed by atoms with Crippen molar-refractivity contribution in [2.45, 2.75) is 19.5 Å². The number of aromatic nitrogens is 4. The zero-order valence-electron chi connectivity index (χ0n) is 22.0. The number of fused-ring (bicyclic) bond motifs is 1. The van der Waals surface area contributed by atoms with E-state index in [1.54, 1.807) is 37.8 Å². The third kappa shape index (κ3) is 5.10. The Morgan fingerprint density at radius 1 is 1.07 bits per heavy atom. The maximum absolute atomic E-state index is 13.3. The molecule has 2 aliphatic rings. The molecule has 1 aromatic carbocycles. The minimum atomic E-state index is -0.214. The fourth-order valence-electron chi connectivity index (χ4n) is 5.30. The monoisotopic (exact) mass is 557 g/mol. The molecule has 2 aliphatic heterocycles. The molecule has 6 rings (SSSR count). The fourth-order valence-corrected chi connectivity index (χ4v) is 5.41. The van der Waals surface area contributed by atoms with Gasteiger partial charge in [-0.3, -0.25) is 14.6 Å². The van der Waals surface area contributed by atoms with E-state index in [2.05, 4.69) is 42.1 Å². The van der Waals surface area contributed by atoms with Gasteiger partial charge in [0.2, 0.25) is 0 Å². The van der Waals surface area contributed by atoms with Crippen LogP contribution in [0.3, 0.4) is 0 Å². The zero-order valence-corrected chi connectivity index (χ0v) is 22.7. The number of anilines is 2. The number of aromatic amines is 1. The van der Waals surface area contributed by atoms with E-state index in [9.17, 15) is 9.59 Å². The second-order valence-electron chi connectivity index (χ2n) is 9.89. The summed E-state index contributed by atoms with van der Waals surface area (Å²) in [6.45, 7) is 5.26. The van der Waals surface area contributed by atoms with Gasteiger partial charge in [-0.15, -0.1) is 0 Å². The van der Waals surface area contributed by atoms with Crippen molar-refractivity contribution in [3.8, 4) is 5.75 Å². The summed E-state index contributed by atoms with van der Waals surface area (Å²) >= 11 is 5.96. The van der Waals surface area contributed by atoms with Crippen molar-refractivity contribution >= 4 is 29.0 Å². The number of pyridine rings is 2. The first-order valence-corrected chi connectivity index (χ1v) is 13.5. The van der Waals surface area contributed by atoms with Crippen LogP contribution in [0.25, 0.3) is 0 Å². The number of rotatable bonds is 6. The molecular weight excluding hydrogens is 530 g/mol. The maximum atomic E-state index is 13.3. The summed E-state index contributed by atoms with van der Waals surface area (Å²) in [4.78, 5) is 40.3. The van der Waals surface area contributed by atoms with Crippen LogP contribution in [0.5, 0.6) is 5.75 Å². The summed E-state index contributed by atoms with van der Waals surface area (Å²) in [5.74, 6) is 1.28. The van der Waals surface area contributed by atoms with Crippen LogP contribution in [0.4, 0.5) is 11.5 Å². The van der Waals surface area contributed by atoms with Crippen molar-refractivity contribution in [2.75, 3.05) is 42.6 Å². The van der Waals surface area contributed by atoms with E-state index in [1.807, 2.05) is 29.2 Å². The molecule has 0 saturated carbocycles. The van der Waals surface area contributed by atoms with E-state index < -0.39 is 0 Å². The summed E-state index contributed by atoms with van der Waals surface area (Å²) in [5, 5.41) is 7.11. The molecular formula is C29H28ClN7O3. The van der Waals surface area contributed by atoms with Gasteiger partial charge in [-0.25, -0.2) is 10.1 Å². The van der Waals surface area contributed by atoms with Crippen LogP contribution in [-0.2, 0) is 6.54 Å². The lowest BCUT2D eigenvalue weighted by atomic mass is 10.1. The SMILES string of the molecule is Cc1c(N2Cc3ccccc3C2COc2cncc(C(=O)N3CCN(c4ccc(Cl)cn4)CC3)c2)cn[nH]c1=O. The molecule has 1 atom stereocenters. The van der Waals surface area contributed by atoms with Gasteiger partial charge < -0.3 is 19.4 Å². The van der Waals surface area contributed by atoms with Gasteiger partial charge in [0.25, 0.3) is 11.5 Å². The minimum absolute atomic E-state index is 0.0836. The number of piperazine rings is 1. The number of ether oxygens (including phenoxy) is 1. The molecule has 4 aromatic rings. The molecule has 1 saturated heterocycles. The Morgan fingerprint density at radius 2 is 1.90 bits per heavy atom. The molecule has 0 bridgehead atoms. The summed E-state index contributed by atoms with van der Waals surface area (Å²) in [6.07, 6.45) is 6.50. The first-order valence-electron chi connectivity index (χ1n) is 13.1. The Bertz CT molecular complexity index is 1590. The first kappa shape index (κ1) is 25.8. The number of hydrogen-bond acceptors (Lipinski definition) is 8. The second kappa shape index (κ2) is 11.0. The average molecular weight is 558 g/mol. The smallest absolute Gasteiger partial charge is 0.269 e. The molecule has 1 N–H and O–H groups in total. The number of hydrogen-bond donors (Lipinski definition) is 1. The maximum Gasteiger partial charge on any atom is 0.269 e. The fraction of sp³-hybridized carbons (Fsp3) is 0.276. The van der Waals surface area contributed by atoms with Crippen molar-refractivity contribution in [3.63, 3.8) is 0 Å². The van der Waals surface area contributed by atoms with Crippen molar-refractivity contribution < 1.29 is 9.53 Å². The summed E-state index contributed by atoms with van der Waals surface area (Å²) in [7, 11) is 0. The van der Waals surface area contributed by atoms with Gasteiger partial charge in [-0.05, 0) is 36.2 Å². The van der Waals surface area contributed by atoms with E-state index in [0.717, 1.165) is 17.1 Å². The highest BCUT2D eigenvalue weighted by Crippen LogP contribution is 2.38. The molecule has 0 aliphatic carbocycles. The van der Waals surface area contributed by atoms with Gasteiger partial charge in [0, 0.05) is 50.7 Å². The highest BCUT2D eigenvalue weighted by Gasteiger charge is 2.32. The molecule has 11 heteroatoms. The normalized spacial score (nSPS) is 16.6. The standard InChI is InChI=1S/C29H28ClN7O3/c1-19-25(16-33-34-28(19)38)37-17-20-4-2-3-5-24(20)26(37)18-40-23-12-21(13-31-15-23)29(39)36-10-8-35(9-11-36)27-7-6-22(30)14-32-27/h2-7,12-16,26H,8-11,17-18H2,1H3,(H,34,38). The highest BCUT2D eigenvalue weighted by molar-refractivity contribution is 6.30. The molecule has 3 aromatic heterocycles. The van der Waals surface area contributed by atoms with E-state index >= 15 is 0 Å². The minimum Gasteiger partial charge on any atom is -0.489 e. The van der Waals surface area contributed by atoms with Gasteiger partial charge >= 0.3 is 0 Å². The van der Waals surface area contributed by atoms with Crippen LogP contribution < -0.4 is 20.1 Å². The first-order chi connectivity index (χ1) is 19.5. The van der Waals surface area contributed by atoms with Crippen molar-refractivity contribution in [1.82, 2.24) is 25.1 Å². The van der Waals surface area contributed by atoms with Crippen LogP contribution in [0, 0.1) is 6.92 Å². The Hall–Kier alpha value is -4.44. The molecule has 40 heavy (non-hydrogen) atoms. The molecule has 204 valence electrons. The molecule has 1 amide bonds. The quantitative estimate of drug-likeness (QED) is 0.383. The van der Waals surface area contributed by atoms with Gasteiger partial charge in [0.05, 0.1) is 34.7 Å². The van der Waals surface area contributed by atoms with Gasteiger partial charge in [0.1, 0.15) is 18.2 Å². The molecule has 1 unspecified atom stereocenters. The zero-order chi connectivity index (χ0) is 27.6. The van der Waals surface area contributed by atoms with Gasteiger partial charge in [-0.2, -0.15) is 5.10 Å². The third-order valence-electron chi connectivity index (χ3n) is 7.49. The molecule has 10 nitrogen and oxygen atoms in total. The number of amides is 1. The van der Waals surface area contributed by atoms with Crippen LogP contribution in [0.2, 0.25) is 5.02 Å². The average Bonchev–Trinajstić information content (AvgIpc) is 3.36. The molecule has 0 spiro atoms. The van der Waals surface area contributed by atoms with Crippen molar-refractivity contribution in [2.24, 2.45) is 0 Å². The van der Waals surface area contributed by atoms with Crippen molar-refractivity contribution in [1.29, 1.82) is 0 Å². The summed E-state index contributed by atoms with van der Waals surface area (Å²) in [6, 6.07) is 13.5. The Labute approximate surface area is 236 Å². The Kier molecular flexibility index (Phi) is 7.08. The number of halogens is 1. The van der Waals surface area contributed by atoms with E-state index in [1.165, 1.54) is 5.56 Å².